The average Bonchev–Trinajstić information content (AvgIpc) is 2.77. The van der Waals surface area contributed by atoms with Crippen LogP contribution >= 0.6 is 0 Å². The molecule has 1 aliphatic heterocycles. The standard InChI is InChI=1S/C21H38BNO5/c1-19(2,3)23-17(24)16-13-14(9-10-15(16)18(25)26-8)11-12-22-27-20(4,5)21(6,7)28-22/h14-16H,9-13H2,1-8H3,(H,23,24)/t14-,15-,16?/m0/s1. The molecule has 0 aromatic heterocycles. The summed E-state index contributed by atoms with van der Waals surface area (Å²) in [7, 11) is 1.18. The van der Waals surface area contributed by atoms with E-state index >= 15 is 0 Å². The number of nitrogens with one attached hydrogen (secondary N) is 1. The van der Waals surface area contributed by atoms with Gasteiger partial charge < -0.3 is 19.4 Å². The molecule has 0 radical (unpaired) electrons. The van der Waals surface area contributed by atoms with Crippen LogP contribution in [0.25, 0.3) is 0 Å². The number of ether oxygens (including phenoxy) is 1. The van der Waals surface area contributed by atoms with E-state index in [1.165, 1.54) is 7.11 Å². The number of hydrogen-bond donors (Lipinski definition) is 1. The maximum atomic E-state index is 12.9. The minimum atomic E-state index is -0.361. The van der Waals surface area contributed by atoms with Crippen molar-refractivity contribution in [2.75, 3.05) is 7.11 Å². The molecule has 1 unspecified atom stereocenters. The Bertz CT molecular complexity index is 568. The number of rotatable bonds is 5. The highest BCUT2D eigenvalue weighted by Crippen LogP contribution is 2.41. The zero-order valence-electron chi connectivity index (χ0n) is 18.9. The van der Waals surface area contributed by atoms with Crippen LogP contribution in [0.5, 0.6) is 0 Å². The molecule has 1 saturated carbocycles. The molecule has 1 saturated heterocycles. The van der Waals surface area contributed by atoms with E-state index in [-0.39, 0.29) is 47.6 Å². The lowest BCUT2D eigenvalue weighted by atomic mass is 9.69. The zero-order valence-corrected chi connectivity index (χ0v) is 18.9. The van der Waals surface area contributed by atoms with Crippen molar-refractivity contribution in [3.63, 3.8) is 0 Å². The Kier molecular flexibility index (Phi) is 6.92. The molecule has 1 aliphatic carbocycles. The van der Waals surface area contributed by atoms with Gasteiger partial charge in [0, 0.05) is 5.54 Å². The molecule has 0 aromatic rings. The van der Waals surface area contributed by atoms with E-state index in [0.717, 1.165) is 19.2 Å². The van der Waals surface area contributed by atoms with E-state index in [2.05, 4.69) is 33.0 Å². The van der Waals surface area contributed by atoms with Crippen LogP contribution in [0, 0.1) is 17.8 Å². The van der Waals surface area contributed by atoms with E-state index in [1.54, 1.807) is 0 Å². The quantitative estimate of drug-likeness (QED) is 0.569. The van der Waals surface area contributed by atoms with Gasteiger partial charge in [0.15, 0.2) is 0 Å². The zero-order chi connectivity index (χ0) is 21.3. The molecule has 6 nitrogen and oxygen atoms in total. The first-order valence-electron chi connectivity index (χ1n) is 10.5. The van der Waals surface area contributed by atoms with Crippen molar-refractivity contribution in [3.8, 4) is 0 Å². The Morgan fingerprint density at radius 2 is 1.64 bits per heavy atom. The van der Waals surface area contributed by atoms with Crippen LogP contribution in [0.1, 0.15) is 74.1 Å². The Labute approximate surface area is 170 Å². The molecule has 0 spiro atoms. The highest BCUT2D eigenvalue weighted by molar-refractivity contribution is 6.45. The number of carbonyl (C=O) groups excluding carboxylic acids is 2. The van der Waals surface area contributed by atoms with Gasteiger partial charge in [0.2, 0.25) is 5.91 Å². The first-order valence-corrected chi connectivity index (χ1v) is 10.5. The molecule has 2 fully saturated rings. The second-order valence-corrected chi connectivity index (χ2v) is 10.4. The molecule has 3 atom stereocenters. The largest absolute Gasteiger partial charge is 0.469 e. The van der Waals surface area contributed by atoms with Crippen LogP contribution in [0.2, 0.25) is 6.32 Å². The van der Waals surface area contributed by atoms with Crippen molar-refractivity contribution < 1.29 is 23.6 Å². The fourth-order valence-corrected chi connectivity index (χ4v) is 4.16. The second kappa shape index (κ2) is 8.35. The van der Waals surface area contributed by atoms with Crippen LogP contribution in [0.4, 0.5) is 0 Å². The third kappa shape index (κ3) is 5.50. The van der Waals surface area contributed by atoms with E-state index < -0.39 is 0 Å². The number of amides is 1. The molecule has 1 amide bonds. The van der Waals surface area contributed by atoms with Gasteiger partial charge in [-0.1, -0.05) is 6.42 Å². The third-order valence-corrected chi connectivity index (χ3v) is 6.41. The van der Waals surface area contributed by atoms with Crippen molar-refractivity contribution in [1.29, 1.82) is 0 Å². The molecule has 0 bridgehead atoms. The van der Waals surface area contributed by atoms with Gasteiger partial charge >= 0.3 is 13.1 Å². The maximum Gasteiger partial charge on any atom is 0.457 e. The molecular formula is C21H38BNO5. The molecule has 7 heteroatoms. The van der Waals surface area contributed by atoms with Crippen molar-refractivity contribution in [1.82, 2.24) is 5.32 Å². The first-order chi connectivity index (χ1) is 12.8. The van der Waals surface area contributed by atoms with E-state index in [4.69, 9.17) is 14.0 Å². The lowest BCUT2D eigenvalue weighted by molar-refractivity contribution is -0.153. The summed E-state index contributed by atoms with van der Waals surface area (Å²) in [4.78, 5) is 25.1. The summed E-state index contributed by atoms with van der Waals surface area (Å²) in [6, 6.07) is 0. The van der Waals surface area contributed by atoms with Crippen molar-refractivity contribution in [3.05, 3.63) is 0 Å². The maximum absolute atomic E-state index is 12.9. The molecular weight excluding hydrogens is 357 g/mol. The molecule has 28 heavy (non-hydrogen) atoms. The fraction of sp³-hybridized carbons (Fsp3) is 0.905. The average molecular weight is 395 g/mol. The van der Waals surface area contributed by atoms with Crippen LogP contribution in [-0.2, 0) is 23.6 Å². The monoisotopic (exact) mass is 395 g/mol. The van der Waals surface area contributed by atoms with Crippen LogP contribution in [0.3, 0.4) is 0 Å². The van der Waals surface area contributed by atoms with Crippen LogP contribution in [-0.4, -0.2) is 42.8 Å². The van der Waals surface area contributed by atoms with Gasteiger partial charge in [-0.25, -0.2) is 0 Å². The Balaban J connectivity index is 1.98. The molecule has 2 aliphatic rings. The minimum Gasteiger partial charge on any atom is -0.469 e. The van der Waals surface area contributed by atoms with E-state index in [9.17, 15) is 9.59 Å². The third-order valence-electron chi connectivity index (χ3n) is 6.41. The predicted octanol–water partition coefficient (Wildman–Crippen LogP) is 3.59. The lowest BCUT2D eigenvalue weighted by Crippen LogP contribution is -2.48. The molecule has 0 aromatic carbocycles. The van der Waals surface area contributed by atoms with Gasteiger partial charge in [0.25, 0.3) is 0 Å². The highest BCUT2D eigenvalue weighted by Gasteiger charge is 2.51. The van der Waals surface area contributed by atoms with Crippen LogP contribution < -0.4 is 5.32 Å². The number of esters is 1. The Hall–Kier alpha value is -1.08. The molecule has 1 heterocycles. The minimum absolute atomic E-state index is 0.0526. The highest BCUT2D eigenvalue weighted by atomic mass is 16.7. The van der Waals surface area contributed by atoms with Gasteiger partial charge in [-0.3, -0.25) is 9.59 Å². The summed E-state index contributed by atoms with van der Waals surface area (Å²) < 4.78 is 17.2. The number of methoxy groups -OCH3 is 1. The SMILES string of the molecule is COC(=O)[C@H]1CC[C@@H](CCB2OC(C)(C)C(C)(C)O2)CC1C(=O)NC(C)(C)C. The normalized spacial score (nSPS) is 29.4. The summed E-state index contributed by atoms with van der Waals surface area (Å²) in [5.41, 5.74) is -0.974. The summed E-state index contributed by atoms with van der Waals surface area (Å²) in [6.07, 6.45) is 4.01. The fourth-order valence-electron chi connectivity index (χ4n) is 4.16. The predicted molar refractivity (Wildman–Crippen MR) is 110 cm³/mol. The van der Waals surface area contributed by atoms with Crippen molar-refractivity contribution >= 4 is 19.0 Å². The van der Waals surface area contributed by atoms with Gasteiger partial charge in [-0.2, -0.15) is 0 Å². The molecule has 2 rings (SSSR count). The topological polar surface area (TPSA) is 73.9 Å². The van der Waals surface area contributed by atoms with E-state index in [0.29, 0.717) is 18.8 Å². The Morgan fingerprint density at radius 1 is 1.07 bits per heavy atom. The number of carbonyl (C=O) groups is 2. The van der Waals surface area contributed by atoms with Gasteiger partial charge in [0.1, 0.15) is 0 Å². The summed E-state index contributed by atoms with van der Waals surface area (Å²) >= 11 is 0. The van der Waals surface area contributed by atoms with Gasteiger partial charge in [0.05, 0.1) is 30.1 Å². The summed E-state index contributed by atoms with van der Waals surface area (Å²) in [5.74, 6) is -0.665. The van der Waals surface area contributed by atoms with E-state index in [1.807, 2.05) is 20.8 Å². The Morgan fingerprint density at radius 3 is 2.14 bits per heavy atom. The lowest BCUT2D eigenvalue weighted by Gasteiger charge is -2.35. The number of hydrogen-bond acceptors (Lipinski definition) is 5. The van der Waals surface area contributed by atoms with Gasteiger partial charge in [-0.15, -0.1) is 0 Å². The van der Waals surface area contributed by atoms with Crippen molar-refractivity contribution in [2.45, 2.75) is 97.2 Å². The second-order valence-electron chi connectivity index (χ2n) is 10.4. The first kappa shape index (κ1) is 23.2. The summed E-state index contributed by atoms with van der Waals surface area (Å²) in [6.45, 7) is 14.1. The van der Waals surface area contributed by atoms with Gasteiger partial charge in [-0.05, 0) is 80.0 Å². The molecule has 1 N–H and O–H groups in total. The molecule has 160 valence electrons. The van der Waals surface area contributed by atoms with Crippen LogP contribution in [0.15, 0.2) is 0 Å². The summed E-state index contributed by atoms with van der Waals surface area (Å²) in [5, 5.41) is 3.04. The van der Waals surface area contributed by atoms with Crippen molar-refractivity contribution in [2.24, 2.45) is 17.8 Å². The smallest absolute Gasteiger partial charge is 0.457 e.